The second-order valence-corrected chi connectivity index (χ2v) is 8.72. The molecule has 5 nitrogen and oxygen atoms in total. The highest BCUT2D eigenvalue weighted by Gasteiger charge is 2.40. The molecule has 0 bridgehead atoms. The summed E-state index contributed by atoms with van der Waals surface area (Å²) in [5.74, 6) is 1.86. The van der Waals surface area contributed by atoms with E-state index in [1.807, 2.05) is 24.5 Å². The number of hydrogen-bond acceptors (Lipinski definition) is 5. The number of pyridine rings is 1. The van der Waals surface area contributed by atoms with E-state index in [1.165, 1.54) is 23.8 Å². The number of halogens is 2. The molecule has 1 N–H and O–H groups in total. The van der Waals surface area contributed by atoms with Gasteiger partial charge in [-0.15, -0.1) is 10.2 Å². The summed E-state index contributed by atoms with van der Waals surface area (Å²) in [5, 5.41) is 12.5. The van der Waals surface area contributed by atoms with Crippen LogP contribution in [-0.4, -0.2) is 39.2 Å². The predicted octanol–water partition coefficient (Wildman–Crippen LogP) is 4.65. The fourth-order valence-electron chi connectivity index (χ4n) is 4.85. The third-order valence-corrected chi connectivity index (χ3v) is 6.53. The van der Waals surface area contributed by atoms with Crippen LogP contribution >= 0.6 is 11.6 Å². The summed E-state index contributed by atoms with van der Waals surface area (Å²) < 4.78 is 13.5. The summed E-state index contributed by atoms with van der Waals surface area (Å²) in [5.41, 5.74) is 2.45. The lowest BCUT2D eigenvalue weighted by Gasteiger charge is -2.19. The average Bonchev–Trinajstić information content (AvgIpc) is 3.29. The Balaban J connectivity index is 1.17. The summed E-state index contributed by atoms with van der Waals surface area (Å²) in [6.45, 7) is 3.30. The van der Waals surface area contributed by atoms with E-state index >= 15 is 0 Å². The van der Waals surface area contributed by atoms with Crippen molar-refractivity contribution in [3.8, 4) is 11.3 Å². The van der Waals surface area contributed by atoms with Crippen molar-refractivity contribution >= 4 is 17.4 Å². The van der Waals surface area contributed by atoms with E-state index in [0.717, 1.165) is 50.1 Å². The number of fused-ring (bicyclic) bond motifs is 1. The normalized spacial score (nSPS) is 23.5. The Morgan fingerprint density at radius 1 is 1.00 bits per heavy atom. The number of anilines is 1. The van der Waals surface area contributed by atoms with E-state index in [4.69, 9.17) is 11.6 Å². The van der Waals surface area contributed by atoms with Crippen molar-refractivity contribution in [1.82, 2.24) is 20.1 Å². The Labute approximate surface area is 180 Å². The van der Waals surface area contributed by atoms with Crippen molar-refractivity contribution in [3.63, 3.8) is 0 Å². The van der Waals surface area contributed by atoms with Gasteiger partial charge in [-0.1, -0.05) is 11.6 Å². The molecular formula is C23H23ClFN5. The molecule has 5 rings (SSSR count). The van der Waals surface area contributed by atoms with Crippen LogP contribution in [0.3, 0.4) is 0 Å². The zero-order valence-electron chi connectivity index (χ0n) is 16.5. The molecule has 2 aromatic heterocycles. The monoisotopic (exact) mass is 423 g/mol. The highest BCUT2D eigenvalue weighted by Crippen LogP contribution is 2.39. The number of rotatable bonds is 5. The summed E-state index contributed by atoms with van der Waals surface area (Å²) in [4.78, 5) is 6.65. The lowest BCUT2D eigenvalue weighted by atomic mass is 10.0. The summed E-state index contributed by atoms with van der Waals surface area (Å²) in [6, 6.07) is 12.6. The average molecular weight is 424 g/mol. The third kappa shape index (κ3) is 4.16. The molecule has 7 heteroatoms. The van der Waals surface area contributed by atoms with E-state index in [0.29, 0.717) is 22.3 Å². The largest absolute Gasteiger partial charge is 0.366 e. The third-order valence-electron chi connectivity index (χ3n) is 6.20. The molecule has 3 aromatic rings. The predicted molar refractivity (Wildman–Crippen MR) is 116 cm³/mol. The number of nitrogens with one attached hydrogen (secondary N) is 1. The van der Waals surface area contributed by atoms with Gasteiger partial charge in [-0.2, -0.15) is 0 Å². The standard InChI is InChI=1S/C23H23ClFN5/c24-21-2-1-18(25)11-20(21)22-3-4-23(29-28-22)27-19-9-16-13-30(14-17(16)10-19)12-15-5-7-26-8-6-15/h1-8,11,16-17,19H,9-10,12-14H2,(H,27,29)/t16-,17+,19+. The van der Waals surface area contributed by atoms with Crippen LogP contribution in [0.4, 0.5) is 10.2 Å². The van der Waals surface area contributed by atoms with Crippen LogP contribution in [0.5, 0.6) is 0 Å². The van der Waals surface area contributed by atoms with Crippen LogP contribution in [0.2, 0.25) is 5.02 Å². The Hall–Kier alpha value is -2.57. The molecule has 30 heavy (non-hydrogen) atoms. The quantitative estimate of drug-likeness (QED) is 0.647. The smallest absolute Gasteiger partial charge is 0.148 e. The first-order valence-electron chi connectivity index (χ1n) is 10.3. The molecule has 1 aliphatic heterocycles. The van der Waals surface area contributed by atoms with Crippen LogP contribution in [0, 0.1) is 17.7 Å². The van der Waals surface area contributed by atoms with Crippen molar-refractivity contribution < 1.29 is 4.39 Å². The van der Waals surface area contributed by atoms with E-state index in [1.54, 1.807) is 0 Å². The van der Waals surface area contributed by atoms with Crippen LogP contribution in [0.25, 0.3) is 11.3 Å². The van der Waals surface area contributed by atoms with Crippen LogP contribution in [0.15, 0.2) is 54.9 Å². The minimum absolute atomic E-state index is 0.339. The molecular weight excluding hydrogens is 401 g/mol. The Bertz CT molecular complexity index is 1000. The molecule has 0 unspecified atom stereocenters. The van der Waals surface area contributed by atoms with Gasteiger partial charge in [-0.05, 0) is 72.7 Å². The first kappa shape index (κ1) is 19.4. The maximum Gasteiger partial charge on any atom is 0.148 e. The van der Waals surface area contributed by atoms with Gasteiger partial charge in [-0.3, -0.25) is 9.88 Å². The van der Waals surface area contributed by atoms with Gasteiger partial charge in [0.1, 0.15) is 11.6 Å². The molecule has 3 heterocycles. The summed E-state index contributed by atoms with van der Waals surface area (Å²) in [7, 11) is 0. The number of hydrogen-bond donors (Lipinski definition) is 1. The fraction of sp³-hybridized carbons (Fsp3) is 0.348. The van der Waals surface area contributed by atoms with Gasteiger partial charge in [0.2, 0.25) is 0 Å². The zero-order chi connectivity index (χ0) is 20.5. The van der Waals surface area contributed by atoms with E-state index < -0.39 is 0 Å². The molecule has 154 valence electrons. The minimum Gasteiger partial charge on any atom is -0.366 e. The summed E-state index contributed by atoms with van der Waals surface area (Å²) in [6.07, 6.45) is 6.02. The Morgan fingerprint density at radius 3 is 2.47 bits per heavy atom. The number of likely N-dealkylation sites (tertiary alicyclic amines) is 1. The maximum absolute atomic E-state index is 13.5. The van der Waals surface area contributed by atoms with Crippen molar-refractivity contribution in [1.29, 1.82) is 0 Å². The van der Waals surface area contributed by atoms with Crippen LogP contribution < -0.4 is 5.32 Å². The second kappa shape index (κ2) is 8.28. The molecule has 1 aromatic carbocycles. The van der Waals surface area contributed by atoms with Crippen molar-refractivity contribution in [2.45, 2.75) is 25.4 Å². The molecule has 2 aliphatic rings. The van der Waals surface area contributed by atoms with E-state index in [-0.39, 0.29) is 5.82 Å². The van der Waals surface area contributed by atoms with Crippen LogP contribution in [0.1, 0.15) is 18.4 Å². The molecule has 1 saturated carbocycles. The molecule has 0 radical (unpaired) electrons. The fourth-order valence-corrected chi connectivity index (χ4v) is 5.06. The lowest BCUT2D eigenvalue weighted by Crippen LogP contribution is -2.25. The highest BCUT2D eigenvalue weighted by molar-refractivity contribution is 6.33. The molecule has 0 amide bonds. The first-order valence-corrected chi connectivity index (χ1v) is 10.7. The molecule has 2 fully saturated rings. The van der Waals surface area contributed by atoms with Gasteiger partial charge >= 0.3 is 0 Å². The molecule has 0 spiro atoms. The Morgan fingerprint density at radius 2 is 1.77 bits per heavy atom. The Kier molecular flexibility index (Phi) is 5.35. The van der Waals surface area contributed by atoms with Crippen molar-refractivity contribution in [2.24, 2.45) is 11.8 Å². The van der Waals surface area contributed by atoms with Gasteiger partial charge < -0.3 is 5.32 Å². The van der Waals surface area contributed by atoms with Gasteiger partial charge in [0, 0.05) is 43.6 Å². The minimum atomic E-state index is -0.339. The van der Waals surface area contributed by atoms with Crippen molar-refractivity contribution in [2.75, 3.05) is 18.4 Å². The zero-order valence-corrected chi connectivity index (χ0v) is 17.3. The van der Waals surface area contributed by atoms with Gasteiger partial charge in [0.05, 0.1) is 10.7 Å². The van der Waals surface area contributed by atoms with E-state index in [2.05, 4.69) is 37.5 Å². The van der Waals surface area contributed by atoms with Crippen LogP contribution in [-0.2, 0) is 6.54 Å². The molecule has 3 atom stereocenters. The second-order valence-electron chi connectivity index (χ2n) is 8.31. The van der Waals surface area contributed by atoms with Gasteiger partial charge in [0.25, 0.3) is 0 Å². The maximum atomic E-state index is 13.5. The van der Waals surface area contributed by atoms with Gasteiger partial charge in [-0.25, -0.2) is 4.39 Å². The first-order chi connectivity index (χ1) is 14.6. The molecule has 1 saturated heterocycles. The SMILES string of the molecule is Fc1ccc(Cl)c(-c2ccc(N[C@H]3C[C@@H]4CN(Cc5ccncc5)C[C@@H]4C3)nn2)c1. The lowest BCUT2D eigenvalue weighted by molar-refractivity contribution is 0.301. The molecule has 1 aliphatic carbocycles. The number of nitrogens with zero attached hydrogens (tertiary/aromatic N) is 4. The van der Waals surface area contributed by atoms with Gasteiger partial charge in [0.15, 0.2) is 0 Å². The number of benzene rings is 1. The van der Waals surface area contributed by atoms with E-state index in [9.17, 15) is 4.39 Å². The number of aromatic nitrogens is 3. The summed E-state index contributed by atoms with van der Waals surface area (Å²) >= 11 is 6.17. The highest BCUT2D eigenvalue weighted by atomic mass is 35.5. The topological polar surface area (TPSA) is 53.9 Å². The van der Waals surface area contributed by atoms with Crippen molar-refractivity contribution in [3.05, 3.63) is 71.3 Å².